The fourth-order valence-corrected chi connectivity index (χ4v) is 5.34. The van der Waals surface area contributed by atoms with Gasteiger partial charge in [0, 0.05) is 12.0 Å². The molecule has 4 atom stereocenters. The first-order valence-corrected chi connectivity index (χ1v) is 12.5. The molecule has 0 aromatic heterocycles. The van der Waals surface area contributed by atoms with Crippen LogP contribution in [0.1, 0.15) is 63.0 Å². The van der Waals surface area contributed by atoms with E-state index in [-0.39, 0.29) is 24.3 Å². The molecule has 2 aromatic carbocycles. The van der Waals surface area contributed by atoms with E-state index in [2.05, 4.69) is 34.9 Å². The van der Waals surface area contributed by atoms with Crippen LogP contribution in [0.5, 0.6) is 0 Å². The zero-order valence-electron chi connectivity index (χ0n) is 20.3. The second-order valence-electron chi connectivity index (χ2n) is 9.68. The standard InChI is InChI=1S/C28H34N2O5/c1-3-17(2)25(26(31)29-24-15-9-8-14-22(24)27(32)33)30-28(34)35-16-23-20-12-6-4-10-18(20)19-11-5-7-13-21(19)23/h4-7,10-13,17,22-25H,3,8-9,14-16H2,1-2H3,(H,29,31)(H,30,34)(H,32,33)/t17?,22-,24+,25?/m1/s1. The summed E-state index contributed by atoms with van der Waals surface area (Å²) in [5, 5.41) is 15.2. The first-order chi connectivity index (χ1) is 16.9. The number of benzene rings is 2. The molecular formula is C28H34N2O5. The summed E-state index contributed by atoms with van der Waals surface area (Å²) < 4.78 is 5.64. The van der Waals surface area contributed by atoms with Crippen LogP contribution >= 0.6 is 0 Å². The summed E-state index contributed by atoms with van der Waals surface area (Å²) in [6.07, 6.45) is 2.92. The van der Waals surface area contributed by atoms with Gasteiger partial charge in [0.2, 0.25) is 5.91 Å². The number of carbonyl (C=O) groups excluding carboxylic acids is 2. The van der Waals surface area contributed by atoms with Gasteiger partial charge >= 0.3 is 12.1 Å². The lowest BCUT2D eigenvalue weighted by atomic mass is 9.84. The first-order valence-electron chi connectivity index (χ1n) is 12.5. The van der Waals surface area contributed by atoms with Gasteiger partial charge in [-0.2, -0.15) is 0 Å². The molecule has 7 heteroatoms. The fraction of sp³-hybridized carbons (Fsp3) is 0.464. The molecule has 0 aliphatic heterocycles. The fourth-order valence-electron chi connectivity index (χ4n) is 5.34. The minimum atomic E-state index is -0.889. The molecule has 186 valence electrons. The van der Waals surface area contributed by atoms with Crippen molar-refractivity contribution in [2.75, 3.05) is 6.61 Å². The van der Waals surface area contributed by atoms with Crippen LogP contribution in [0.25, 0.3) is 11.1 Å². The molecule has 0 spiro atoms. The maximum atomic E-state index is 13.1. The average molecular weight is 479 g/mol. The Morgan fingerprint density at radius 1 is 1.00 bits per heavy atom. The van der Waals surface area contributed by atoms with E-state index < -0.39 is 30.1 Å². The highest BCUT2D eigenvalue weighted by atomic mass is 16.5. The van der Waals surface area contributed by atoms with Gasteiger partial charge in [0.05, 0.1) is 5.92 Å². The summed E-state index contributed by atoms with van der Waals surface area (Å²) in [5.74, 6) is -2.05. The molecule has 1 saturated carbocycles. The zero-order valence-corrected chi connectivity index (χ0v) is 20.3. The number of hydrogen-bond acceptors (Lipinski definition) is 4. The molecule has 2 aliphatic carbocycles. The SMILES string of the molecule is CCC(C)C(NC(=O)OCC1c2ccccc2-c2ccccc21)C(=O)N[C@H]1CCCC[C@H]1C(=O)O. The lowest BCUT2D eigenvalue weighted by Crippen LogP contribution is -2.55. The van der Waals surface area contributed by atoms with Crippen molar-refractivity contribution in [1.82, 2.24) is 10.6 Å². The first kappa shape index (κ1) is 24.8. The van der Waals surface area contributed by atoms with Crippen molar-refractivity contribution in [2.24, 2.45) is 11.8 Å². The normalized spacial score (nSPS) is 20.7. The number of carbonyl (C=O) groups is 3. The summed E-state index contributed by atoms with van der Waals surface area (Å²) in [6, 6.07) is 15.0. The van der Waals surface area contributed by atoms with Crippen LogP contribution in [-0.2, 0) is 14.3 Å². The van der Waals surface area contributed by atoms with E-state index in [1.165, 1.54) is 0 Å². The van der Waals surface area contributed by atoms with E-state index >= 15 is 0 Å². The van der Waals surface area contributed by atoms with Gasteiger partial charge in [0.1, 0.15) is 12.6 Å². The van der Waals surface area contributed by atoms with Crippen LogP contribution in [0.3, 0.4) is 0 Å². The minimum absolute atomic E-state index is 0.0670. The average Bonchev–Trinajstić information content (AvgIpc) is 3.19. The molecule has 7 nitrogen and oxygen atoms in total. The van der Waals surface area contributed by atoms with E-state index in [0.717, 1.165) is 35.1 Å². The van der Waals surface area contributed by atoms with Gasteiger partial charge in [0.25, 0.3) is 0 Å². The van der Waals surface area contributed by atoms with Gasteiger partial charge in [-0.3, -0.25) is 9.59 Å². The second kappa shape index (κ2) is 10.9. The maximum Gasteiger partial charge on any atom is 0.407 e. The molecule has 1 fully saturated rings. The summed E-state index contributed by atoms with van der Waals surface area (Å²) >= 11 is 0. The number of nitrogens with one attached hydrogen (secondary N) is 2. The quantitative estimate of drug-likeness (QED) is 0.510. The number of aliphatic carboxylic acids is 1. The Morgan fingerprint density at radius 2 is 1.60 bits per heavy atom. The van der Waals surface area contributed by atoms with Gasteiger partial charge in [-0.15, -0.1) is 0 Å². The Balaban J connectivity index is 1.41. The lowest BCUT2D eigenvalue weighted by Gasteiger charge is -2.32. The van der Waals surface area contributed by atoms with Gasteiger partial charge in [-0.1, -0.05) is 81.6 Å². The number of carboxylic acids is 1. The molecule has 3 N–H and O–H groups in total. The molecular weight excluding hydrogens is 444 g/mol. The lowest BCUT2D eigenvalue weighted by molar-refractivity contribution is -0.144. The third-order valence-corrected chi connectivity index (χ3v) is 7.52. The van der Waals surface area contributed by atoms with Crippen molar-refractivity contribution in [3.63, 3.8) is 0 Å². The van der Waals surface area contributed by atoms with E-state index in [1.54, 1.807) is 0 Å². The smallest absolute Gasteiger partial charge is 0.407 e. The van der Waals surface area contributed by atoms with Crippen LogP contribution in [0.15, 0.2) is 48.5 Å². The summed E-state index contributed by atoms with van der Waals surface area (Å²) in [4.78, 5) is 37.6. The Bertz CT molecular complexity index is 1040. The van der Waals surface area contributed by atoms with Crippen LogP contribution in [-0.4, -0.2) is 41.8 Å². The van der Waals surface area contributed by atoms with Crippen LogP contribution in [0, 0.1) is 11.8 Å². The summed E-state index contributed by atoms with van der Waals surface area (Å²) in [5.41, 5.74) is 4.54. The van der Waals surface area contributed by atoms with Crippen molar-refractivity contribution in [2.45, 2.75) is 64.0 Å². The maximum absolute atomic E-state index is 13.1. The molecule has 35 heavy (non-hydrogen) atoms. The number of hydrogen-bond donors (Lipinski definition) is 3. The predicted molar refractivity (Wildman–Crippen MR) is 133 cm³/mol. The minimum Gasteiger partial charge on any atom is -0.481 e. The Morgan fingerprint density at radius 3 is 2.20 bits per heavy atom. The molecule has 4 rings (SSSR count). The number of fused-ring (bicyclic) bond motifs is 3. The highest BCUT2D eigenvalue weighted by molar-refractivity contribution is 5.87. The highest BCUT2D eigenvalue weighted by Crippen LogP contribution is 2.44. The predicted octanol–water partition coefficient (Wildman–Crippen LogP) is 4.70. The van der Waals surface area contributed by atoms with E-state index in [1.807, 2.05) is 38.1 Å². The highest BCUT2D eigenvalue weighted by Gasteiger charge is 2.35. The zero-order chi connectivity index (χ0) is 24.9. The molecule has 2 unspecified atom stereocenters. The van der Waals surface area contributed by atoms with Crippen LogP contribution in [0.4, 0.5) is 4.79 Å². The van der Waals surface area contributed by atoms with Gasteiger partial charge in [0.15, 0.2) is 0 Å². The van der Waals surface area contributed by atoms with E-state index in [9.17, 15) is 19.5 Å². The van der Waals surface area contributed by atoms with Crippen molar-refractivity contribution >= 4 is 18.0 Å². The number of rotatable bonds is 8. The third kappa shape index (κ3) is 5.34. The molecule has 0 bridgehead atoms. The molecule has 2 aliphatic rings. The van der Waals surface area contributed by atoms with E-state index in [4.69, 9.17) is 4.74 Å². The Kier molecular flexibility index (Phi) is 7.73. The van der Waals surface area contributed by atoms with Gasteiger partial charge in [-0.25, -0.2) is 4.79 Å². The molecule has 2 aromatic rings. The van der Waals surface area contributed by atoms with Crippen molar-refractivity contribution in [3.05, 3.63) is 59.7 Å². The van der Waals surface area contributed by atoms with Crippen LogP contribution < -0.4 is 10.6 Å². The largest absolute Gasteiger partial charge is 0.481 e. The number of amides is 2. The van der Waals surface area contributed by atoms with Crippen molar-refractivity contribution < 1.29 is 24.2 Å². The van der Waals surface area contributed by atoms with Crippen molar-refractivity contribution in [3.8, 4) is 11.1 Å². The second-order valence-corrected chi connectivity index (χ2v) is 9.68. The molecule has 0 radical (unpaired) electrons. The van der Waals surface area contributed by atoms with Gasteiger partial charge in [-0.05, 0) is 41.0 Å². The third-order valence-electron chi connectivity index (χ3n) is 7.52. The van der Waals surface area contributed by atoms with Gasteiger partial charge < -0.3 is 20.5 Å². The molecule has 0 heterocycles. The van der Waals surface area contributed by atoms with Crippen LogP contribution in [0.2, 0.25) is 0 Å². The Labute approximate surface area is 206 Å². The Hall–Kier alpha value is -3.35. The molecule has 2 amide bonds. The summed E-state index contributed by atoms with van der Waals surface area (Å²) in [7, 11) is 0. The molecule has 0 saturated heterocycles. The number of alkyl carbamates (subject to hydrolysis) is 1. The number of ether oxygens (including phenoxy) is 1. The monoisotopic (exact) mass is 478 g/mol. The van der Waals surface area contributed by atoms with Crippen molar-refractivity contribution in [1.29, 1.82) is 0 Å². The van der Waals surface area contributed by atoms with E-state index in [0.29, 0.717) is 19.3 Å². The summed E-state index contributed by atoms with van der Waals surface area (Å²) in [6.45, 7) is 4.01. The topological polar surface area (TPSA) is 105 Å². The number of carboxylic acid groups (broad SMARTS) is 1.